The molecule has 0 atom stereocenters. The van der Waals surface area contributed by atoms with Crippen LogP contribution < -0.4 is 0 Å². The lowest BCUT2D eigenvalue weighted by molar-refractivity contribution is -0.107. The van der Waals surface area contributed by atoms with Gasteiger partial charge in [0, 0.05) is 6.42 Å². The molecule has 0 unspecified atom stereocenters. The number of carbonyl (C=O) groups excluding carboxylic acids is 1. The Bertz CT molecular complexity index is 154. The Morgan fingerprint density at radius 3 is 2.17 bits per heavy atom. The van der Waals surface area contributed by atoms with E-state index >= 15 is 0 Å². The normalized spacial score (nSPS) is 12.7. The van der Waals surface area contributed by atoms with Gasteiger partial charge in [0.05, 0.1) is 0 Å². The highest BCUT2D eigenvalue weighted by molar-refractivity contribution is 5.54. The molecule has 0 spiro atoms. The Labute approximate surface area is 75.9 Å². The molecular weight excluding hydrogens is 148 g/mol. The predicted octanol–water partition coefficient (Wildman–Crippen LogP) is 3.20. The highest BCUT2D eigenvalue weighted by Crippen LogP contribution is 2.15. The van der Waals surface area contributed by atoms with Crippen molar-refractivity contribution in [2.45, 2.75) is 40.5 Å². The van der Waals surface area contributed by atoms with Crippen LogP contribution in [0, 0.1) is 11.8 Å². The number of hydrogen-bond donors (Lipinski definition) is 0. The van der Waals surface area contributed by atoms with Crippen molar-refractivity contribution >= 4 is 6.29 Å². The lowest BCUT2D eigenvalue weighted by atomic mass is 9.98. The Morgan fingerprint density at radius 2 is 1.83 bits per heavy atom. The van der Waals surface area contributed by atoms with Gasteiger partial charge in [0.25, 0.3) is 0 Å². The van der Waals surface area contributed by atoms with Crippen LogP contribution >= 0.6 is 0 Å². The van der Waals surface area contributed by atoms with Crippen molar-refractivity contribution in [3.05, 3.63) is 11.6 Å². The first-order valence-electron chi connectivity index (χ1n) is 4.69. The van der Waals surface area contributed by atoms with Crippen molar-refractivity contribution in [3.63, 3.8) is 0 Å². The maximum absolute atomic E-state index is 10.3. The molecule has 0 fully saturated rings. The molecule has 0 saturated carbocycles. The molecule has 12 heavy (non-hydrogen) atoms. The second-order valence-electron chi connectivity index (χ2n) is 4.04. The molecule has 0 aliphatic heterocycles. The number of hydrogen-bond acceptors (Lipinski definition) is 1. The van der Waals surface area contributed by atoms with Gasteiger partial charge in [-0.2, -0.15) is 0 Å². The lowest BCUT2D eigenvalue weighted by Gasteiger charge is -2.08. The summed E-state index contributed by atoms with van der Waals surface area (Å²) in [5, 5.41) is 0. The molecule has 0 heterocycles. The molecule has 0 bridgehead atoms. The summed E-state index contributed by atoms with van der Waals surface area (Å²) in [5.41, 5.74) is 1.29. The zero-order valence-electron chi connectivity index (χ0n) is 8.63. The standard InChI is InChI=1S/C11H20O/c1-9(2)7-11(5-6-12)8-10(3)4/h6-7,9-10H,5,8H2,1-4H3/b11-7+. The second kappa shape index (κ2) is 5.99. The van der Waals surface area contributed by atoms with Crippen molar-refractivity contribution in [1.82, 2.24) is 0 Å². The molecule has 0 saturated heterocycles. The molecule has 1 heteroatoms. The minimum atomic E-state index is 0.554. The fourth-order valence-corrected chi connectivity index (χ4v) is 1.32. The third-order valence-electron chi connectivity index (χ3n) is 1.58. The number of aldehydes is 1. The minimum absolute atomic E-state index is 0.554. The van der Waals surface area contributed by atoms with E-state index in [9.17, 15) is 4.79 Å². The Hall–Kier alpha value is -0.590. The highest BCUT2D eigenvalue weighted by Gasteiger charge is 2.01. The van der Waals surface area contributed by atoms with Crippen molar-refractivity contribution in [3.8, 4) is 0 Å². The molecule has 0 aliphatic rings. The minimum Gasteiger partial charge on any atom is -0.303 e. The Morgan fingerprint density at radius 1 is 1.25 bits per heavy atom. The molecule has 70 valence electrons. The Kier molecular flexibility index (Phi) is 5.69. The maximum Gasteiger partial charge on any atom is 0.124 e. The van der Waals surface area contributed by atoms with Gasteiger partial charge >= 0.3 is 0 Å². The first kappa shape index (κ1) is 11.4. The molecular formula is C11H20O. The van der Waals surface area contributed by atoms with Crippen molar-refractivity contribution in [2.75, 3.05) is 0 Å². The molecule has 1 nitrogen and oxygen atoms in total. The molecule has 0 amide bonds. The van der Waals surface area contributed by atoms with Crippen LogP contribution in [0.1, 0.15) is 40.5 Å². The maximum atomic E-state index is 10.3. The quantitative estimate of drug-likeness (QED) is 0.455. The summed E-state index contributed by atoms with van der Waals surface area (Å²) in [6.07, 6.45) is 4.86. The van der Waals surface area contributed by atoms with Crippen LogP contribution in [0.25, 0.3) is 0 Å². The van der Waals surface area contributed by atoms with Gasteiger partial charge in [-0.25, -0.2) is 0 Å². The van der Waals surface area contributed by atoms with E-state index in [0.717, 1.165) is 12.7 Å². The van der Waals surface area contributed by atoms with Gasteiger partial charge in [-0.15, -0.1) is 0 Å². The van der Waals surface area contributed by atoms with Gasteiger partial charge in [-0.3, -0.25) is 0 Å². The van der Waals surface area contributed by atoms with Gasteiger partial charge in [-0.05, 0) is 18.3 Å². The number of carbonyl (C=O) groups is 1. The fraction of sp³-hybridized carbons (Fsp3) is 0.727. The zero-order valence-corrected chi connectivity index (χ0v) is 8.63. The van der Waals surface area contributed by atoms with E-state index < -0.39 is 0 Å². The van der Waals surface area contributed by atoms with E-state index in [4.69, 9.17) is 0 Å². The van der Waals surface area contributed by atoms with E-state index in [-0.39, 0.29) is 0 Å². The zero-order chi connectivity index (χ0) is 9.56. The predicted molar refractivity (Wildman–Crippen MR) is 53.1 cm³/mol. The Balaban J connectivity index is 4.11. The highest BCUT2D eigenvalue weighted by atomic mass is 16.1. The smallest absolute Gasteiger partial charge is 0.124 e. The summed E-state index contributed by atoms with van der Waals surface area (Å²) in [7, 11) is 0. The van der Waals surface area contributed by atoms with E-state index in [0.29, 0.717) is 18.3 Å². The molecule has 0 aromatic rings. The summed E-state index contributed by atoms with van der Waals surface area (Å²) in [4.78, 5) is 10.3. The van der Waals surface area contributed by atoms with E-state index in [1.807, 2.05) is 0 Å². The molecule has 0 rings (SSSR count). The SMILES string of the molecule is CC(C)/C=C(\CC=O)CC(C)C. The molecule has 0 N–H and O–H groups in total. The monoisotopic (exact) mass is 168 g/mol. The van der Waals surface area contributed by atoms with Gasteiger partial charge in [-0.1, -0.05) is 39.3 Å². The largest absolute Gasteiger partial charge is 0.303 e. The van der Waals surface area contributed by atoms with Crippen molar-refractivity contribution < 1.29 is 4.79 Å². The summed E-state index contributed by atoms with van der Waals surface area (Å²) >= 11 is 0. The van der Waals surface area contributed by atoms with Crippen LogP contribution in [-0.2, 0) is 4.79 Å². The van der Waals surface area contributed by atoms with Crippen LogP contribution in [0.15, 0.2) is 11.6 Å². The third-order valence-corrected chi connectivity index (χ3v) is 1.58. The first-order valence-corrected chi connectivity index (χ1v) is 4.69. The molecule has 0 aromatic carbocycles. The van der Waals surface area contributed by atoms with Gasteiger partial charge in [0.2, 0.25) is 0 Å². The van der Waals surface area contributed by atoms with Crippen molar-refractivity contribution in [2.24, 2.45) is 11.8 Å². The molecule has 0 aromatic heterocycles. The van der Waals surface area contributed by atoms with Crippen LogP contribution in [-0.4, -0.2) is 6.29 Å². The third kappa shape index (κ3) is 6.14. The molecule has 0 radical (unpaired) electrons. The van der Waals surface area contributed by atoms with E-state index in [1.165, 1.54) is 5.57 Å². The van der Waals surface area contributed by atoms with Crippen molar-refractivity contribution in [1.29, 1.82) is 0 Å². The fourth-order valence-electron chi connectivity index (χ4n) is 1.32. The first-order chi connectivity index (χ1) is 5.56. The van der Waals surface area contributed by atoms with Crippen LogP contribution in [0.3, 0.4) is 0 Å². The number of rotatable bonds is 5. The summed E-state index contributed by atoms with van der Waals surface area (Å²) in [6, 6.07) is 0. The summed E-state index contributed by atoms with van der Waals surface area (Å²) < 4.78 is 0. The van der Waals surface area contributed by atoms with E-state index in [2.05, 4.69) is 33.8 Å². The second-order valence-corrected chi connectivity index (χ2v) is 4.04. The topological polar surface area (TPSA) is 17.1 Å². The lowest BCUT2D eigenvalue weighted by Crippen LogP contribution is -1.95. The van der Waals surface area contributed by atoms with Gasteiger partial charge in [0.1, 0.15) is 6.29 Å². The average Bonchev–Trinajstić information content (AvgIpc) is 1.84. The van der Waals surface area contributed by atoms with Crippen LogP contribution in [0.2, 0.25) is 0 Å². The average molecular weight is 168 g/mol. The van der Waals surface area contributed by atoms with Gasteiger partial charge in [0.15, 0.2) is 0 Å². The summed E-state index contributed by atoms with van der Waals surface area (Å²) in [6.45, 7) is 8.65. The molecule has 0 aliphatic carbocycles. The van der Waals surface area contributed by atoms with E-state index in [1.54, 1.807) is 0 Å². The number of allylic oxidation sites excluding steroid dienone is 2. The van der Waals surface area contributed by atoms with Crippen LogP contribution in [0.5, 0.6) is 0 Å². The summed E-state index contributed by atoms with van der Waals surface area (Å²) in [5.74, 6) is 1.20. The van der Waals surface area contributed by atoms with Crippen LogP contribution in [0.4, 0.5) is 0 Å². The van der Waals surface area contributed by atoms with Gasteiger partial charge < -0.3 is 4.79 Å².